The summed E-state index contributed by atoms with van der Waals surface area (Å²) in [6, 6.07) is -0.820. The number of aliphatic carboxylic acids is 1. The van der Waals surface area contributed by atoms with Crippen LogP contribution < -0.4 is 5.32 Å². The number of cyclic esters (lactones) is 2. The maximum absolute atomic E-state index is 11.5. The number of carbonyl (C=O) groups is 3. The molecule has 6 nitrogen and oxygen atoms in total. The Morgan fingerprint density at radius 3 is 1.63 bits per heavy atom. The maximum Gasteiger partial charge on any atom is 0.415 e. The van der Waals surface area contributed by atoms with Crippen molar-refractivity contribution in [2.75, 3.05) is 0 Å². The number of rotatable bonds is 20. The van der Waals surface area contributed by atoms with Crippen LogP contribution in [0.1, 0.15) is 122 Å². The van der Waals surface area contributed by atoms with Gasteiger partial charge in [-0.25, -0.2) is 9.59 Å². The van der Waals surface area contributed by atoms with E-state index < -0.39 is 30.0 Å². The number of hydrogen-bond acceptors (Lipinski definition) is 4. The number of carboxylic acids is 1. The molecule has 6 heteroatoms. The lowest BCUT2D eigenvalue weighted by molar-refractivity contribution is -0.143. The second-order valence-corrected chi connectivity index (χ2v) is 8.77. The third-order valence-electron chi connectivity index (χ3n) is 6.05. The molecule has 1 aliphatic rings. The molecule has 2 atom stereocenters. The minimum atomic E-state index is -0.912. The van der Waals surface area contributed by atoms with Crippen LogP contribution in [0, 0.1) is 5.92 Å². The number of ether oxygens (including phenoxy) is 1. The number of carbonyl (C=O) groups excluding carboxylic acids is 2. The number of nitrogens with one attached hydrogen (secondary N) is 1. The molecule has 1 saturated heterocycles. The van der Waals surface area contributed by atoms with Gasteiger partial charge >= 0.3 is 18.0 Å². The highest BCUT2D eigenvalue weighted by Gasteiger charge is 2.35. The van der Waals surface area contributed by atoms with Crippen LogP contribution in [0.5, 0.6) is 0 Å². The van der Waals surface area contributed by atoms with Gasteiger partial charge in [0.05, 0.1) is 5.92 Å². The number of esters is 1. The predicted octanol–water partition coefficient (Wildman–Crippen LogP) is 6.36. The van der Waals surface area contributed by atoms with E-state index in [9.17, 15) is 19.5 Å². The van der Waals surface area contributed by atoms with E-state index in [1.807, 2.05) is 0 Å². The summed E-state index contributed by atoms with van der Waals surface area (Å²) in [5.41, 5.74) is 0. The Hall–Kier alpha value is -1.59. The quantitative estimate of drug-likeness (QED) is 0.134. The highest BCUT2D eigenvalue weighted by Crippen LogP contribution is 2.20. The average Bonchev–Trinajstić information content (AvgIpc) is 3.03. The third-order valence-corrected chi connectivity index (χ3v) is 6.05. The molecule has 0 saturated carbocycles. The zero-order chi connectivity index (χ0) is 22.0. The van der Waals surface area contributed by atoms with Gasteiger partial charge in [0.1, 0.15) is 6.04 Å². The van der Waals surface area contributed by atoms with Gasteiger partial charge in [-0.05, 0) is 12.8 Å². The van der Waals surface area contributed by atoms with Crippen LogP contribution in [0.4, 0.5) is 4.79 Å². The number of carboxylic acid groups (broad SMARTS) is 1. The zero-order valence-corrected chi connectivity index (χ0v) is 19.0. The fourth-order valence-corrected chi connectivity index (χ4v) is 4.11. The lowest BCUT2D eigenvalue weighted by atomic mass is 9.93. The van der Waals surface area contributed by atoms with Gasteiger partial charge in [0.2, 0.25) is 0 Å². The van der Waals surface area contributed by atoms with E-state index in [0.29, 0.717) is 6.42 Å². The first-order chi connectivity index (χ1) is 14.5. The van der Waals surface area contributed by atoms with Crippen molar-refractivity contribution in [3.05, 3.63) is 0 Å². The van der Waals surface area contributed by atoms with Gasteiger partial charge < -0.3 is 15.2 Å². The van der Waals surface area contributed by atoms with Crippen LogP contribution in [0.3, 0.4) is 0 Å². The van der Waals surface area contributed by atoms with Crippen LogP contribution in [-0.4, -0.2) is 29.2 Å². The second kappa shape index (κ2) is 17.1. The lowest BCUT2D eigenvalue weighted by Crippen LogP contribution is -2.33. The molecule has 1 fully saturated rings. The molecule has 0 bridgehead atoms. The van der Waals surface area contributed by atoms with Crippen molar-refractivity contribution >= 4 is 18.0 Å². The van der Waals surface area contributed by atoms with Crippen LogP contribution in [0.2, 0.25) is 0 Å². The molecule has 174 valence electrons. The van der Waals surface area contributed by atoms with E-state index in [1.165, 1.54) is 83.5 Å². The van der Waals surface area contributed by atoms with Crippen molar-refractivity contribution < 1.29 is 24.2 Å². The lowest BCUT2D eigenvalue weighted by Gasteiger charge is -2.14. The third kappa shape index (κ3) is 12.9. The molecular formula is C24H43NO5. The topological polar surface area (TPSA) is 92.7 Å². The highest BCUT2D eigenvalue weighted by atomic mass is 16.6. The van der Waals surface area contributed by atoms with Crippen molar-refractivity contribution in [3.63, 3.8) is 0 Å². The van der Waals surface area contributed by atoms with Crippen LogP contribution in [0.15, 0.2) is 0 Å². The van der Waals surface area contributed by atoms with Gasteiger partial charge in [-0.15, -0.1) is 0 Å². The molecule has 0 aromatic rings. The van der Waals surface area contributed by atoms with Gasteiger partial charge in [-0.1, -0.05) is 110 Å². The Morgan fingerprint density at radius 1 is 0.833 bits per heavy atom. The molecular weight excluding hydrogens is 382 g/mol. The average molecular weight is 426 g/mol. The smallest absolute Gasteiger partial charge is 0.415 e. The Balaban J connectivity index is 1.90. The number of amides is 1. The predicted molar refractivity (Wildman–Crippen MR) is 118 cm³/mol. The molecule has 1 heterocycles. The van der Waals surface area contributed by atoms with Crippen molar-refractivity contribution in [3.8, 4) is 0 Å². The minimum Gasteiger partial charge on any atom is -0.481 e. The first-order valence-corrected chi connectivity index (χ1v) is 12.3. The molecule has 30 heavy (non-hydrogen) atoms. The Morgan fingerprint density at radius 2 is 1.27 bits per heavy atom. The maximum atomic E-state index is 11.5. The van der Waals surface area contributed by atoms with E-state index in [2.05, 4.69) is 17.0 Å². The summed E-state index contributed by atoms with van der Waals surface area (Å²) in [6.07, 6.45) is 20.4. The molecule has 0 spiro atoms. The van der Waals surface area contributed by atoms with Crippen molar-refractivity contribution in [1.29, 1.82) is 0 Å². The molecule has 0 aromatic heterocycles. The molecule has 1 amide bonds. The molecule has 0 aromatic carbocycles. The summed E-state index contributed by atoms with van der Waals surface area (Å²) in [4.78, 5) is 33.9. The van der Waals surface area contributed by atoms with Gasteiger partial charge in [-0.3, -0.25) is 4.79 Å². The van der Waals surface area contributed by atoms with E-state index in [4.69, 9.17) is 0 Å². The van der Waals surface area contributed by atoms with E-state index >= 15 is 0 Å². The van der Waals surface area contributed by atoms with E-state index in [1.54, 1.807) is 0 Å². The highest BCUT2D eigenvalue weighted by molar-refractivity contribution is 5.95. The largest absolute Gasteiger partial charge is 0.481 e. The van der Waals surface area contributed by atoms with Crippen LogP contribution in [-0.2, 0) is 14.3 Å². The van der Waals surface area contributed by atoms with Crippen molar-refractivity contribution in [2.45, 2.75) is 129 Å². The van der Waals surface area contributed by atoms with Crippen molar-refractivity contribution in [1.82, 2.24) is 5.32 Å². The van der Waals surface area contributed by atoms with Crippen LogP contribution >= 0.6 is 0 Å². The fourth-order valence-electron chi connectivity index (χ4n) is 4.11. The van der Waals surface area contributed by atoms with Crippen molar-refractivity contribution in [2.24, 2.45) is 5.92 Å². The summed E-state index contributed by atoms with van der Waals surface area (Å²) in [5, 5.41) is 11.7. The molecule has 1 aliphatic heterocycles. The first kappa shape index (κ1) is 26.4. The molecule has 0 radical (unpaired) electrons. The number of hydrogen-bond donors (Lipinski definition) is 2. The Kier molecular flexibility index (Phi) is 15.1. The Bertz CT molecular complexity index is 494. The summed E-state index contributed by atoms with van der Waals surface area (Å²) >= 11 is 0. The molecule has 1 unspecified atom stereocenters. The second-order valence-electron chi connectivity index (χ2n) is 8.77. The number of alkyl carbamates (subject to hydrolysis) is 1. The number of unbranched alkanes of at least 4 members (excludes halogenated alkanes) is 15. The molecule has 1 rings (SSSR count). The molecule has 0 aliphatic carbocycles. The normalized spacial score (nSPS) is 17.0. The zero-order valence-electron chi connectivity index (χ0n) is 19.0. The summed E-state index contributed by atoms with van der Waals surface area (Å²) < 4.78 is 4.41. The fraction of sp³-hybridized carbons (Fsp3) is 0.875. The molecule has 2 N–H and O–H groups in total. The van der Waals surface area contributed by atoms with Gasteiger partial charge in [0.15, 0.2) is 0 Å². The van der Waals surface area contributed by atoms with Gasteiger partial charge in [-0.2, -0.15) is 0 Å². The van der Waals surface area contributed by atoms with Crippen LogP contribution in [0.25, 0.3) is 0 Å². The minimum absolute atomic E-state index is 0.110. The van der Waals surface area contributed by atoms with Gasteiger partial charge in [0.25, 0.3) is 0 Å². The van der Waals surface area contributed by atoms with E-state index in [-0.39, 0.29) is 6.42 Å². The van der Waals surface area contributed by atoms with E-state index in [0.717, 1.165) is 19.3 Å². The first-order valence-electron chi connectivity index (χ1n) is 12.3. The SMILES string of the molecule is CCCCCCCCCCCCCCCCCCC(C[C@@H]1NC(=O)OC1=O)C(=O)O. The summed E-state index contributed by atoms with van der Waals surface area (Å²) in [6.45, 7) is 2.26. The standard InChI is InChI=1S/C24H43NO5/c1-2-3-4-5-6-7-8-9-10-11-12-13-14-15-16-17-18-20(22(26)27)19-21-23(28)30-24(29)25-21/h20-21H,2-19H2,1H3,(H,25,29)(H,26,27)/t20?,21-/m0/s1. The summed E-state index contributed by atoms with van der Waals surface area (Å²) in [7, 11) is 0. The summed E-state index contributed by atoms with van der Waals surface area (Å²) in [5.74, 6) is -2.20. The van der Waals surface area contributed by atoms with Gasteiger partial charge in [0, 0.05) is 0 Å². The Labute approximate surface area is 182 Å². The monoisotopic (exact) mass is 425 g/mol.